The van der Waals surface area contributed by atoms with Crippen LogP contribution in [0.3, 0.4) is 0 Å². The summed E-state index contributed by atoms with van der Waals surface area (Å²) in [5.74, 6) is -1.07. The molecule has 0 aromatic heterocycles. The molecule has 5 N–H and O–H groups in total. The van der Waals surface area contributed by atoms with Gasteiger partial charge in [-0.3, -0.25) is 9.59 Å². The third-order valence-electron chi connectivity index (χ3n) is 1.55. The molecular weight excluding hydrogens is 188 g/mol. The van der Waals surface area contributed by atoms with Gasteiger partial charge in [0.1, 0.15) is 6.04 Å². The molecule has 0 fully saturated rings. The fourth-order valence-electron chi connectivity index (χ4n) is 0.760. The maximum absolute atomic E-state index is 11.0. The molecule has 14 heavy (non-hydrogen) atoms. The number of amides is 1. The number of aliphatic hydroxyl groups excluding tert-OH is 1. The first-order chi connectivity index (χ1) is 6.57. The van der Waals surface area contributed by atoms with Crippen molar-refractivity contribution in [1.82, 2.24) is 0 Å². The summed E-state index contributed by atoms with van der Waals surface area (Å²) < 4.78 is 4.70. The minimum atomic E-state index is -0.818. The number of nitrogens with two attached hydrogens (primary N) is 2. The SMILES string of the molecule is NC(=O)CC[C@H](N)C(=O)OCCCO. The number of rotatable bonds is 7. The summed E-state index contributed by atoms with van der Waals surface area (Å²) in [4.78, 5) is 21.4. The average Bonchev–Trinajstić information content (AvgIpc) is 2.14. The molecule has 0 rings (SSSR count). The lowest BCUT2D eigenvalue weighted by Gasteiger charge is -2.09. The highest BCUT2D eigenvalue weighted by molar-refractivity contribution is 5.78. The molecule has 0 aliphatic rings. The van der Waals surface area contributed by atoms with Crippen LogP contribution < -0.4 is 11.5 Å². The van der Waals surface area contributed by atoms with Crippen LogP contribution in [0.15, 0.2) is 0 Å². The largest absolute Gasteiger partial charge is 0.464 e. The highest BCUT2D eigenvalue weighted by Crippen LogP contribution is 1.97. The minimum absolute atomic E-state index is 0.0379. The van der Waals surface area contributed by atoms with E-state index in [-0.39, 0.29) is 26.1 Å². The molecule has 6 heteroatoms. The number of esters is 1. The van der Waals surface area contributed by atoms with E-state index >= 15 is 0 Å². The predicted octanol–water partition coefficient (Wildman–Crippen LogP) is -1.50. The zero-order valence-electron chi connectivity index (χ0n) is 7.94. The zero-order valence-corrected chi connectivity index (χ0v) is 7.94. The van der Waals surface area contributed by atoms with E-state index in [0.717, 1.165) is 0 Å². The molecule has 0 spiro atoms. The Bertz CT molecular complexity index is 196. The summed E-state index contributed by atoms with van der Waals surface area (Å²) in [5.41, 5.74) is 10.3. The normalized spacial score (nSPS) is 12.1. The highest BCUT2D eigenvalue weighted by atomic mass is 16.5. The third-order valence-corrected chi connectivity index (χ3v) is 1.55. The molecule has 1 atom stereocenters. The quantitative estimate of drug-likeness (QED) is 0.345. The number of primary amides is 1. The van der Waals surface area contributed by atoms with Crippen LogP contribution in [0.5, 0.6) is 0 Å². The maximum Gasteiger partial charge on any atom is 0.322 e. The Hall–Kier alpha value is -1.14. The smallest absolute Gasteiger partial charge is 0.322 e. The first kappa shape index (κ1) is 12.9. The number of ether oxygens (including phenoxy) is 1. The van der Waals surface area contributed by atoms with Gasteiger partial charge in [0, 0.05) is 19.4 Å². The van der Waals surface area contributed by atoms with E-state index < -0.39 is 17.9 Å². The van der Waals surface area contributed by atoms with Gasteiger partial charge < -0.3 is 21.3 Å². The minimum Gasteiger partial charge on any atom is -0.464 e. The second-order valence-electron chi connectivity index (χ2n) is 2.86. The Morgan fingerprint density at radius 1 is 1.43 bits per heavy atom. The molecule has 0 saturated heterocycles. The van der Waals surface area contributed by atoms with Gasteiger partial charge in [0.15, 0.2) is 0 Å². The molecule has 1 amide bonds. The van der Waals surface area contributed by atoms with Crippen molar-refractivity contribution >= 4 is 11.9 Å². The van der Waals surface area contributed by atoms with Gasteiger partial charge in [0.05, 0.1) is 6.61 Å². The summed E-state index contributed by atoms with van der Waals surface area (Å²) in [7, 11) is 0. The fraction of sp³-hybridized carbons (Fsp3) is 0.750. The molecule has 0 saturated carbocycles. The number of carbonyl (C=O) groups excluding carboxylic acids is 2. The second-order valence-corrected chi connectivity index (χ2v) is 2.86. The first-order valence-electron chi connectivity index (χ1n) is 4.39. The molecule has 0 aromatic carbocycles. The molecule has 82 valence electrons. The maximum atomic E-state index is 11.0. The van der Waals surface area contributed by atoms with Crippen LogP contribution in [0.4, 0.5) is 0 Å². The van der Waals surface area contributed by atoms with Gasteiger partial charge in [-0.1, -0.05) is 0 Å². The van der Waals surface area contributed by atoms with Gasteiger partial charge in [-0.2, -0.15) is 0 Å². The Morgan fingerprint density at radius 3 is 2.57 bits per heavy atom. The number of hydrogen-bond donors (Lipinski definition) is 3. The number of aliphatic hydroxyl groups is 1. The summed E-state index contributed by atoms with van der Waals surface area (Å²) in [6, 6.07) is -0.818. The van der Waals surface area contributed by atoms with E-state index in [2.05, 4.69) is 0 Å². The standard InChI is InChI=1S/C8H16N2O4/c9-6(2-3-7(10)12)8(13)14-5-1-4-11/h6,11H,1-5,9H2,(H2,10,12)/t6-/m0/s1. The number of hydrogen-bond acceptors (Lipinski definition) is 5. The van der Waals surface area contributed by atoms with E-state index in [1.165, 1.54) is 0 Å². The summed E-state index contributed by atoms with van der Waals surface area (Å²) in [6.45, 7) is 0.101. The van der Waals surface area contributed by atoms with Crippen LogP contribution in [0.25, 0.3) is 0 Å². The molecule has 0 radical (unpaired) electrons. The lowest BCUT2D eigenvalue weighted by Crippen LogP contribution is -2.33. The van der Waals surface area contributed by atoms with Crippen molar-refractivity contribution in [2.45, 2.75) is 25.3 Å². The van der Waals surface area contributed by atoms with Crippen molar-refractivity contribution in [1.29, 1.82) is 0 Å². The molecule has 0 aliphatic carbocycles. The molecular formula is C8H16N2O4. The van der Waals surface area contributed by atoms with Crippen LogP contribution in [0.1, 0.15) is 19.3 Å². The fourth-order valence-corrected chi connectivity index (χ4v) is 0.760. The van der Waals surface area contributed by atoms with Crippen LogP contribution in [0.2, 0.25) is 0 Å². The van der Waals surface area contributed by atoms with Gasteiger partial charge in [0.2, 0.25) is 5.91 Å². The van der Waals surface area contributed by atoms with Gasteiger partial charge in [-0.15, -0.1) is 0 Å². The van der Waals surface area contributed by atoms with Gasteiger partial charge in [-0.05, 0) is 6.42 Å². The van der Waals surface area contributed by atoms with E-state index in [1.807, 2.05) is 0 Å². The Morgan fingerprint density at radius 2 is 2.07 bits per heavy atom. The molecule has 0 aliphatic heterocycles. The van der Waals surface area contributed by atoms with Crippen molar-refractivity contribution in [3.63, 3.8) is 0 Å². The Labute approximate surface area is 82.2 Å². The van der Waals surface area contributed by atoms with E-state index in [0.29, 0.717) is 6.42 Å². The van der Waals surface area contributed by atoms with E-state index in [9.17, 15) is 9.59 Å². The molecule has 0 heterocycles. The molecule has 6 nitrogen and oxygen atoms in total. The topological polar surface area (TPSA) is 116 Å². The first-order valence-corrected chi connectivity index (χ1v) is 4.39. The molecule has 0 bridgehead atoms. The zero-order chi connectivity index (χ0) is 11.0. The van der Waals surface area contributed by atoms with Gasteiger partial charge in [0.25, 0.3) is 0 Å². The van der Waals surface area contributed by atoms with Crippen molar-refractivity contribution in [3.05, 3.63) is 0 Å². The lowest BCUT2D eigenvalue weighted by molar-refractivity contribution is -0.145. The summed E-state index contributed by atoms with van der Waals surface area (Å²) >= 11 is 0. The summed E-state index contributed by atoms with van der Waals surface area (Å²) in [5, 5.41) is 8.41. The summed E-state index contributed by atoms with van der Waals surface area (Å²) in [6.07, 6.45) is 0.637. The van der Waals surface area contributed by atoms with Crippen LogP contribution in [0, 0.1) is 0 Å². The van der Waals surface area contributed by atoms with Crippen LogP contribution in [-0.2, 0) is 14.3 Å². The Kier molecular flexibility index (Phi) is 6.69. The van der Waals surface area contributed by atoms with Crippen molar-refractivity contribution in [3.8, 4) is 0 Å². The van der Waals surface area contributed by atoms with Gasteiger partial charge >= 0.3 is 5.97 Å². The highest BCUT2D eigenvalue weighted by Gasteiger charge is 2.15. The number of carbonyl (C=O) groups is 2. The molecule has 0 unspecified atom stereocenters. The predicted molar refractivity (Wildman–Crippen MR) is 49.1 cm³/mol. The molecule has 0 aromatic rings. The van der Waals surface area contributed by atoms with E-state index in [1.54, 1.807) is 0 Å². The van der Waals surface area contributed by atoms with Gasteiger partial charge in [-0.25, -0.2) is 0 Å². The second kappa shape index (κ2) is 7.28. The monoisotopic (exact) mass is 204 g/mol. The van der Waals surface area contributed by atoms with E-state index in [4.69, 9.17) is 21.3 Å². The van der Waals surface area contributed by atoms with Crippen LogP contribution >= 0.6 is 0 Å². The Balaban J connectivity index is 3.59. The third kappa shape index (κ3) is 6.38. The lowest BCUT2D eigenvalue weighted by atomic mass is 10.1. The van der Waals surface area contributed by atoms with Crippen molar-refractivity contribution in [2.24, 2.45) is 11.5 Å². The average molecular weight is 204 g/mol. The van der Waals surface area contributed by atoms with Crippen molar-refractivity contribution < 1.29 is 19.4 Å². The van der Waals surface area contributed by atoms with Crippen molar-refractivity contribution in [2.75, 3.05) is 13.2 Å². The van der Waals surface area contributed by atoms with Crippen LogP contribution in [-0.4, -0.2) is 36.2 Å².